The molecule has 3 nitrogen and oxygen atoms in total. The number of anilines is 1. The number of nitrogen functional groups attached to an aromatic ring is 1. The summed E-state index contributed by atoms with van der Waals surface area (Å²) in [6, 6.07) is 7.39. The maximum atomic E-state index is 10.0. The summed E-state index contributed by atoms with van der Waals surface area (Å²) in [4.78, 5) is 10.0. The van der Waals surface area contributed by atoms with Crippen LogP contribution >= 0.6 is 0 Å². The zero-order chi connectivity index (χ0) is 9.52. The highest BCUT2D eigenvalue weighted by molar-refractivity contribution is 5.60. The minimum atomic E-state index is 0.249. The van der Waals surface area contributed by atoms with E-state index in [1.54, 1.807) is 0 Å². The van der Waals surface area contributed by atoms with Gasteiger partial charge in [-0.2, -0.15) is 0 Å². The summed E-state index contributed by atoms with van der Waals surface area (Å²) in [7, 11) is 0. The van der Waals surface area contributed by atoms with Crippen molar-refractivity contribution in [3.05, 3.63) is 29.8 Å². The largest absolute Gasteiger partial charge is 0.323 e. The fourth-order valence-electron chi connectivity index (χ4n) is 0.906. The normalized spacial score (nSPS) is 8.38. The van der Waals surface area contributed by atoms with Gasteiger partial charge in [0.05, 0.1) is 12.1 Å². The first-order valence-corrected chi connectivity index (χ1v) is 3.86. The third kappa shape index (κ3) is 2.62. The number of aldehydes is 1. The number of carbonyl (C=O) groups is 1. The first kappa shape index (κ1) is 9.30. The second-order valence-electron chi connectivity index (χ2n) is 2.36. The molecule has 0 saturated heterocycles. The van der Waals surface area contributed by atoms with Crippen molar-refractivity contribution in [3.63, 3.8) is 0 Å². The molecule has 0 aliphatic rings. The summed E-state index contributed by atoms with van der Waals surface area (Å²) < 4.78 is 0. The number of hydrogen-bond acceptors (Lipinski definition) is 3. The van der Waals surface area contributed by atoms with Crippen LogP contribution in [0, 0.1) is 11.8 Å². The summed E-state index contributed by atoms with van der Waals surface area (Å²) in [5.74, 6) is 10.8. The van der Waals surface area contributed by atoms with E-state index in [-0.39, 0.29) is 6.42 Å². The molecule has 0 aromatic heterocycles. The lowest BCUT2D eigenvalue weighted by Crippen LogP contribution is -2.07. The quantitative estimate of drug-likeness (QED) is 0.303. The zero-order valence-corrected chi connectivity index (χ0v) is 7.08. The fraction of sp³-hybridized carbons (Fsp3) is 0.100. The Morgan fingerprint density at radius 1 is 1.46 bits per heavy atom. The standard InChI is InChI=1S/C10H10N2O/c11-12-10-7-2-1-5-9(10)6-3-4-8-13/h1-2,5,7-8,12H,4,11H2. The predicted octanol–water partition coefficient (Wildman–Crippen LogP) is 0.913. The maximum Gasteiger partial charge on any atom is 0.131 e. The van der Waals surface area contributed by atoms with Gasteiger partial charge in [-0.1, -0.05) is 24.0 Å². The molecule has 3 heteroatoms. The average Bonchev–Trinajstić information content (AvgIpc) is 2.19. The van der Waals surface area contributed by atoms with Gasteiger partial charge in [-0.3, -0.25) is 5.84 Å². The van der Waals surface area contributed by atoms with Crippen molar-refractivity contribution in [2.24, 2.45) is 5.84 Å². The number of hydrazine groups is 1. The minimum Gasteiger partial charge on any atom is -0.323 e. The van der Waals surface area contributed by atoms with Crippen LogP contribution in [0.15, 0.2) is 24.3 Å². The van der Waals surface area contributed by atoms with Crippen LogP contribution < -0.4 is 11.3 Å². The number of nitrogens with one attached hydrogen (secondary N) is 1. The predicted molar refractivity (Wildman–Crippen MR) is 51.8 cm³/mol. The average molecular weight is 174 g/mol. The van der Waals surface area contributed by atoms with E-state index in [0.717, 1.165) is 17.5 Å². The monoisotopic (exact) mass is 174 g/mol. The lowest BCUT2D eigenvalue weighted by molar-refractivity contribution is -0.107. The molecule has 0 radical (unpaired) electrons. The molecule has 0 aliphatic heterocycles. The molecule has 3 N–H and O–H groups in total. The highest BCUT2D eigenvalue weighted by atomic mass is 16.1. The van der Waals surface area contributed by atoms with Gasteiger partial charge < -0.3 is 10.2 Å². The summed E-state index contributed by atoms with van der Waals surface area (Å²) in [5.41, 5.74) is 4.09. The van der Waals surface area contributed by atoms with Crippen LogP contribution in [0.25, 0.3) is 0 Å². The van der Waals surface area contributed by atoms with Gasteiger partial charge in [0, 0.05) is 5.56 Å². The van der Waals surface area contributed by atoms with Crippen molar-refractivity contribution in [1.29, 1.82) is 0 Å². The fourth-order valence-corrected chi connectivity index (χ4v) is 0.906. The van der Waals surface area contributed by atoms with E-state index in [9.17, 15) is 4.79 Å². The molecule has 0 saturated carbocycles. The van der Waals surface area contributed by atoms with E-state index in [4.69, 9.17) is 5.84 Å². The number of hydrogen-bond donors (Lipinski definition) is 2. The van der Waals surface area contributed by atoms with Crippen LogP contribution in [0.3, 0.4) is 0 Å². The summed E-state index contributed by atoms with van der Waals surface area (Å²) in [5, 5.41) is 0. The van der Waals surface area contributed by atoms with E-state index >= 15 is 0 Å². The van der Waals surface area contributed by atoms with Crippen LogP contribution in [0.4, 0.5) is 5.69 Å². The zero-order valence-electron chi connectivity index (χ0n) is 7.08. The van der Waals surface area contributed by atoms with Gasteiger partial charge in [0.25, 0.3) is 0 Å². The Morgan fingerprint density at radius 3 is 2.92 bits per heavy atom. The minimum absolute atomic E-state index is 0.249. The molecule has 0 fully saturated rings. The molecular formula is C10H10N2O. The maximum absolute atomic E-state index is 10.0. The lowest BCUT2D eigenvalue weighted by atomic mass is 10.2. The molecule has 1 aromatic rings. The Hall–Kier alpha value is -1.79. The highest BCUT2D eigenvalue weighted by Crippen LogP contribution is 2.11. The van der Waals surface area contributed by atoms with Crippen LogP contribution in [-0.4, -0.2) is 6.29 Å². The summed E-state index contributed by atoms with van der Waals surface area (Å²) in [6.07, 6.45) is 1.02. The van der Waals surface area contributed by atoms with Crippen molar-refractivity contribution in [1.82, 2.24) is 0 Å². The summed E-state index contributed by atoms with van der Waals surface area (Å²) in [6.45, 7) is 0. The van der Waals surface area contributed by atoms with Crippen LogP contribution in [0.1, 0.15) is 12.0 Å². The van der Waals surface area contributed by atoms with E-state index in [1.165, 1.54) is 0 Å². The van der Waals surface area contributed by atoms with Crippen molar-refractivity contribution in [2.75, 3.05) is 5.43 Å². The Kier molecular flexibility index (Phi) is 3.55. The first-order chi connectivity index (χ1) is 6.38. The Balaban J connectivity index is 2.88. The molecule has 0 bridgehead atoms. The molecule has 13 heavy (non-hydrogen) atoms. The number of nitrogens with two attached hydrogens (primary N) is 1. The molecule has 0 spiro atoms. The second kappa shape index (κ2) is 4.96. The van der Waals surface area contributed by atoms with Gasteiger partial charge in [-0.05, 0) is 12.1 Å². The summed E-state index contributed by atoms with van der Waals surface area (Å²) >= 11 is 0. The molecule has 0 heterocycles. The van der Waals surface area contributed by atoms with E-state index < -0.39 is 0 Å². The molecule has 1 rings (SSSR count). The van der Waals surface area contributed by atoms with Crippen LogP contribution in [0.5, 0.6) is 0 Å². The van der Waals surface area contributed by atoms with Gasteiger partial charge in [-0.15, -0.1) is 0 Å². The molecule has 0 atom stereocenters. The lowest BCUT2D eigenvalue weighted by Gasteiger charge is -2.00. The molecule has 0 amide bonds. The molecule has 66 valence electrons. The van der Waals surface area contributed by atoms with Crippen molar-refractivity contribution >= 4 is 12.0 Å². The van der Waals surface area contributed by atoms with E-state index in [1.807, 2.05) is 24.3 Å². The van der Waals surface area contributed by atoms with Crippen molar-refractivity contribution < 1.29 is 4.79 Å². The molecule has 1 aromatic carbocycles. The third-order valence-corrected chi connectivity index (χ3v) is 1.49. The Morgan fingerprint density at radius 2 is 2.23 bits per heavy atom. The molecule has 0 unspecified atom stereocenters. The number of para-hydroxylation sites is 1. The van der Waals surface area contributed by atoms with Gasteiger partial charge in [0.2, 0.25) is 0 Å². The SMILES string of the molecule is NNc1ccccc1C#CCC=O. The van der Waals surface area contributed by atoms with Gasteiger partial charge in [0.1, 0.15) is 6.29 Å². The first-order valence-electron chi connectivity index (χ1n) is 3.86. The van der Waals surface area contributed by atoms with Crippen molar-refractivity contribution in [2.45, 2.75) is 6.42 Å². The molecular weight excluding hydrogens is 164 g/mol. The van der Waals surface area contributed by atoms with E-state index in [0.29, 0.717) is 0 Å². The highest BCUT2D eigenvalue weighted by Gasteiger charge is 1.93. The van der Waals surface area contributed by atoms with Gasteiger partial charge in [0.15, 0.2) is 0 Å². The van der Waals surface area contributed by atoms with Crippen molar-refractivity contribution in [3.8, 4) is 11.8 Å². The topological polar surface area (TPSA) is 55.1 Å². The number of rotatable bonds is 2. The van der Waals surface area contributed by atoms with Crippen LogP contribution in [-0.2, 0) is 4.79 Å². The number of carbonyl (C=O) groups excluding carboxylic acids is 1. The second-order valence-corrected chi connectivity index (χ2v) is 2.36. The smallest absolute Gasteiger partial charge is 0.131 e. The van der Waals surface area contributed by atoms with Gasteiger partial charge >= 0.3 is 0 Å². The van der Waals surface area contributed by atoms with Gasteiger partial charge in [-0.25, -0.2) is 0 Å². The third-order valence-electron chi connectivity index (χ3n) is 1.49. The van der Waals surface area contributed by atoms with E-state index in [2.05, 4.69) is 17.3 Å². The Labute approximate surface area is 76.9 Å². The molecule has 0 aliphatic carbocycles. The van der Waals surface area contributed by atoms with Crippen LogP contribution in [0.2, 0.25) is 0 Å². The number of benzene rings is 1. The Bertz CT molecular complexity index is 349.